The van der Waals surface area contributed by atoms with Crippen molar-refractivity contribution in [2.45, 2.75) is 19.3 Å². The van der Waals surface area contributed by atoms with Gasteiger partial charge in [0.05, 0.1) is 16.7 Å². The summed E-state index contributed by atoms with van der Waals surface area (Å²) < 4.78 is 2.40. The minimum atomic E-state index is 0.158. The highest BCUT2D eigenvalue weighted by Gasteiger charge is 2.31. The monoisotopic (exact) mass is 544 g/mol. The summed E-state index contributed by atoms with van der Waals surface area (Å²) in [7, 11) is 0. The van der Waals surface area contributed by atoms with E-state index in [0.29, 0.717) is 0 Å². The highest BCUT2D eigenvalue weighted by molar-refractivity contribution is 7.18. The van der Waals surface area contributed by atoms with Crippen LogP contribution < -0.4 is 0 Å². The molecule has 1 aliphatic rings. The van der Waals surface area contributed by atoms with Crippen molar-refractivity contribution < 1.29 is 0 Å². The lowest BCUT2D eigenvalue weighted by Gasteiger charge is -2.29. The van der Waals surface area contributed by atoms with E-state index in [2.05, 4.69) is 145 Å². The van der Waals surface area contributed by atoms with Crippen LogP contribution in [0.2, 0.25) is 0 Å². The van der Waals surface area contributed by atoms with E-state index in [4.69, 9.17) is 4.98 Å². The number of nitrogens with zero attached hydrogens (tertiary/aromatic N) is 2. The first-order valence-electron chi connectivity index (χ1n) is 14.2. The van der Waals surface area contributed by atoms with E-state index in [1.54, 1.807) is 0 Å². The van der Waals surface area contributed by atoms with E-state index < -0.39 is 0 Å². The Morgan fingerprint density at radius 2 is 1.24 bits per heavy atom. The van der Waals surface area contributed by atoms with Crippen molar-refractivity contribution in [2.24, 2.45) is 0 Å². The second-order valence-corrected chi connectivity index (χ2v) is 11.7. The Morgan fingerprint density at radius 3 is 1.98 bits per heavy atom. The normalized spacial score (nSPS) is 13.8. The molecule has 0 saturated carbocycles. The minimum absolute atomic E-state index is 0.158. The Labute approximate surface area is 244 Å². The molecule has 1 unspecified atom stereocenters. The highest BCUT2D eigenvalue weighted by Crippen LogP contribution is 2.46. The first-order chi connectivity index (χ1) is 20.3. The van der Waals surface area contributed by atoms with Crippen LogP contribution >= 0.6 is 11.3 Å². The summed E-state index contributed by atoms with van der Waals surface area (Å²) >= 11 is 1.84. The van der Waals surface area contributed by atoms with Gasteiger partial charge in [-0.05, 0) is 69.3 Å². The number of imidazole rings is 1. The topological polar surface area (TPSA) is 17.8 Å². The van der Waals surface area contributed by atoms with Crippen molar-refractivity contribution in [1.29, 1.82) is 0 Å². The van der Waals surface area contributed by atoms with Crippen molar-refractivity contribution >= 4 is 22.4 Å². The molecule has 2 nitrogen and oxygen atoms in total. The van der Waals surface area contributed by atoms with Gasteiger partial charge in [-0.1, -0.05) is 110 Å². The van der Waals surface area contributed by atoms with Crippen molar-refractivity contribution in [3.05, 3.63) is 156 Å². The van der Waals surface area contributed by atoms with Crippen molar-refractivity contribution in [2.75, 3.05) is 0 Å². The number of rotatable bonds is 5. The molecule has 0 bridgehead atoms. The quantitative estimate of drug-likeness (QED) is 0.211. The molecule has 0 spiro atoms. The number of fused-ring (bicyclic) bond motifs is 2. The van der Waals surface area contributed by atoms with Crippen molar-refractivity contribution in [3.8, 4) is 37.7 Å². The Hall–Kier alpha value is -4.73. The zero-order valence-electron chi connectivity index (χ0n) is 22.8. The van der Waals surface area contributed by atoms with Gasteiger partial charge in [0.15, 0.2) is 0 Å². The SMILES string of the molecule is CCc1nc2cc(-c3ccc(-c4ccc(-c5ccccc5)s4)cc3)cc3c2n1-c1ccccc1C3c1ccccc1. The predicted molar refractivity (Wildman–Crippen MR) is 172 cm³/mol. The summed E-state index contributed by atoms with van der Waals surface area (Å²) in [5.41, 5.74) is 12.5. The van der Waals surface area contributed by atoms with Gasteiger partial charge in [0.2, 0.25) is 0 Å². The van der Waals surface area contributed by atoms with Gasteiger partial charge in [-0.25, -0.2) is 4.98 Å². The zero-order chi connectivity index (χ0) is 27.3. The molecule has 0 N–H and O–H groups in total. The van der Waals surface area contributed by atoms with E-state index in [1.807, 2.05) is 11.3 Å². The molecule has 5 aromatic carbocycles. The van der Waals surface area contributed by atoms with Gasteiger partial charge in [0, 0.05) is 22.1 Å². The highest BCUT2D eigenvalue weighted by atomic mass is 32.1. The zero-order valence-corrected chi connectivity index (χ0v) is 23.6. The molecule has 0 fully saturated rings. The van der Waals surface area contributed by atoms with E-state index in [0.717, 1.165) is 17.8 Å². The lowest BCUT2D eigenvalue weighted by molar-refractivity contribution is 0.853. The maximum atomic E-state index is 5.18. The Kier molecular flexibility index (Phi) is 5.71. The van der Waals surface area contributed by atoms with Gasteiger partial charge < -0.3 is 0 Å². The summed E-state index contributed by atoms with van der Waals surface area (Å²) in [6.07, 6.45) is 0.883. The standard InChI is InChI=1S/C38H28N2S/c1-2-36-39-32-24-29(25-17-19-27(20-18-25)35-22-21-34(41-35)26-11-5-3-6-12-26)23-31-37(28-13-7-4-8-14-28)30-15-9-10-16-33(30)40(36)38(31)32/h3-24,37H,2H2,1H3. The number of para-hydroxylation sites is 1. The van der Waals surface area contributed by atoms with Gasteiger partial charge in [-0.3, -0.25) is 4.57 Å². The molecule has 7 aromatic rings. The summed E-state index contributed by atoms with van der Waals surface area (Å²) in [4.78, 5) is 7.76. The third-order valence-corrected chi connectivity index (χ3v) is 9.45. The average Bonchev–Trinajstić information content (AvgIpc) is 3.68. The number of aryl methyl sites for hydroxylation is 1. The van der Waals surface area contributed by atoms with Gasteiger partial charge in [0.25, 0.3) is 0 Å². The summed E-state index contributed by atoms with van der Waals surface area (Å²) in [6.45, 7) is 2.20. The molecule has 1 atom stereocenters. The molecule has 41 heavy (non-hydrogen) atoms. The smallest absolute Gasteiger partial charge is 0.114 e. The van der Waals surface area contributed by atoms with Crippen LogP contribution in [0.3, 0.4) is 0 Å². The van der Waals surface area contributed by atoms with Crippen LogP contribution in [-0.4, -0.2) is 9.55 Å². The molecule has 3 heteroatoms. The third kappa shape index (κ3) is 3.96. The van der Waals surface area contributed by atoms with Crippen LogP contribution in [0.5, 0.6) is 0 Å². The van der Waals surface area contributed by atoms with Crippen LogP contribution in [0.4, 0.5) is 0 Å². The summed E-state index contributed by atoms with van der Waals surface area (Å²) in [5, 5.41) is 0. The lowest BCUT2D eigenvalue weighted by Crippen LogP contribution is -2.16. The number of aromatic nitrogens is 2. The predicted octanol–water partition coefficient (Wildman–Crippen LogP) is 10.1. The fraction of sp³-hybridized carbons (Fsp3) is 0.0789. The Bertz CT molecular complexity index is 2020. The van der Waals surface area contributed by atoms with Crippen LogP contribution in [0.1, 0.15) is 35.4 Å². The number of hydrogen-bond donors (Lipinski definition) is 0. The molecule has 1 aliphatic heterocycles. The maximum absolute atomic E-state index is 5.18. The molecular weight excluding hydrogens is 516 g/mol. The van der Waals surface area contributed by atoms with Gasteiger partial charge in [-0.15, -0.1) is 11.3 Å². The fourth-order valence-electron chi connectivity index (χ4n) is 6.36. The second-order valence-electron chi connectivity index (χ2n) is 10.7. The van der Waals surface area contributed by atoms with Crippen molar-refractivity contribution in [3.63, 3.8) is 0 Å². The Balaban J connectivity index is 1.25. The van der Waals surface area contributed by atoms with E-state index in [9.17, 15) is 0 Å². The molecule has 0 saturated heterocycles. The average molecular weight is 545 g/mol. The van der Waals surface area contributed by atoms with Crippen LogP contribution in [-0.2, 0) is 6.42 Å². The van der Waals surface area contributed by atoms with Gasteiger partial charge in [0.1, 0.15) is 5.82 Å². The van der Waals surface area contributed by atoms with Gasteiger partial charge in [-0.2, -0.15) is 0 Å². The molecule has 0 aliphatic carbocycles. The first kappa shape index (κ1) is 24.1. The van der Waals surface area contributed by atoms with Crippen molar-refractivity contribution in [1.82, 2.24) is 9.55 Å². The molecule has 196 valence electrons. The number of hydrogen-bond acceptors (Lipinski definition) is 2. The second kappa shape index (κ2) is 9.72. The summed E-state index contributed by atoms with van der Waals surface area (Å²) in [6, 6.07) is 48.5. The largest absolute Gasteiger partial charge is 0.296 e. The first-order valence-corrected chi connectivity index (χ1v) is 15.1. The van der Waals surface area contributed by atoms with Crippen LogP contribution in [0.15, 0.2) is 133 Å². The minimum Gasteiger partial charge on any atom is -0.296 e. The summed E-state index contributed by atoms with van der Waals surface area (Å²) in [5.74, 6) is 1.27. The van der Waals surface area contributed by atoms with Gasteiger partial charge >= 0.3 is 0 Å². The molecule has 8 rings (SSSR count). The Morgan fingerprint density at radius 1 is 0.610 bits per heavy atom. The molecule has 3 heterocycles. The van der Waals surface area contributed by atoms with E-state index in [-0.39, 0.29) is 5.92 Å². The van der Waals surface area contributed by atoms with Crippen LogP contribution in [0, 0.1) is 0 Å². The molecule has 0 radical (unpaired) electrons. The molecule has 2 aromatic heterocycles. The van der Waals surface area contributed by atoms with E-state index >= 15 is 0 Å². The number of thiophene rings is 1. The third-order valence-electron chi connectivity index (χ3n) is 8.27. The fourth-order valence-corrected chi connectivity index (χ4v) is 7.37. The molecular formula is C38H28N2S. The number of benzene rings is 5. The maximum Gasteiger partial charge on any atom is 0.114 e. The molecule has 0 amide bonds. The lowest BCUT2D eigenvalue weighted by atomic mass is 9.80. The van der Waals surface area contributed by atoms with Crippen LogP contribution in [0.25, 0.3) is 48.7 Å². The van der Waals surface area contributed by atoms with E-state index in [1.165, 1.54) is 59.9 Å².